The standard InChI is InChI=1S/C14H28Br2O3/c1-13(2)10-14(11-15,12-16)4-5-18-8-9-19-7-6-17-3/h13H,4-12H2,1-3H3. The maximum Gasteiger partial charge on any atom is 0.0701 e. The molecule has 0 saturated heterocycles. The molecule has 0 radical (unpaired) electrons. The van der Waals surface area contributed by atoms with Crippen LogP contribution >= 0.6 is 31.9 Å². The molecule has 0 aromatic carbocycles. The molecule has 0 aromatic heterocycles. The van der Waals surface area contributed by atoms with Crippen LogP contribution in [0.25, 0.3) is 0 Å². The highest BCUT2D eigenvalue weighted by Gasteiger charge is 2.28. The average molecular weight is 404 g/mol. The van der Waals surface area contributed by atoms with Crippen LogP contribution in [0.5, 0.6) is 0 Å². The Morgan fingerprint density at radius 3 is 1.89 bits per heavy atom. The third-order valence-corrected chi connectivity index (χ3v) is 5.37. The monoisotopic (exact) mass is 402 g/mol. The SMILES string of the molecule is COCCOCCOCCC(CBr)(CBr)CC(C)C. The first-order chi connectivity index (χ1) is 9.10. The van der Waals surface area contributed by atoms with Gasteiger partial charge in [-0.15, -0.1) is 0 Å². The van der Waals surface area contributed by atoms with Gasteiger partial charge >= 0.3 is 0 Å². The van der Waals surface area contributed by atoms with Crippen molar-refractivity contribution in [2.75, 3.05) is 50.8 Å². The number of halogens is 2. The van der Waals surface area contributed by atoms with Gasteiger partial charge in [0, 0.05) is 24.4 Å². The Morgan fingerprint density at radius 1 is 0.895 bits per heavy atom. The Kier molecular flexibility index (Phi) is 13.1. The molecule has 5 heteroatoms. The summed E-state index contributed by atoms with van der Waals surface area (Å²) in [7, 11) is 1.68. The minimum atomic E-state index is 0.297. The number of methoxy groups -OCH3 is 1. The number of rotatable bonds is 13. The van der Waals surface area contributed by atoms with Crippen molar-refractivity contribution in [2.45, 2.75) is 26.7 Å². The third kappa shape index (κ3) is 10.2. The van der Waals surface area contributed by atoms with Gasteiger partial charge < -0.3 is 14.2 Å². The summed E-state index contributed by atoms with van der Waals surface area (Å²) in [5.74, 6) is 0.701. The second-order valence-corrected chi connectivity index (χ2v) is 6.45. The molecule has 19 heavy (non-hydrogen) atoms. The summed E-state index contributed by atoms with van der Waals surface area (Å²) in [5, 5.41) is 2.02. The summed E-state index contributed by atoms with van der Waals surface area (Å²) in [6.07, 6.45) is 2.27. The molecule has 0 heterocycles. The maximum absolute atomic E-state index is 5.65. The van der Waals surface area contributed by atoms with Gasteiger partial charge in [0.2, 0.25) is 0 Å². The zero-order valence-corrected chi connectivity index (χ0v) is 15.6. The Balaban J connectivity index is 3.70. The highest BCUT2D eigenvalue weighted by atomic mass is 79.9. The Bertz CT molecular complexity index is 197. The van der Waals surface area contributed by atoms with Crippen LogP contribution in [0.4, 0.5) is 0 Å². The second-order valence-electron chi connectivity index (χ2n) is 5.33. The summed E-state index contributed by atoms with van der Waals surface area (Å²) in [4.78, 5) is 0. The lowest BCUT2D eigenvalue weighted by Gasteiger charge is -2.31. The van der Waals surface area contributed by atoms with Crippen molar-refractivity contribution in [3.63, 3.8) is 0 Å². The van der Waals surface area contributed by atoms with Gasteiger partial charge in [0.25, 0.3) is 0 Å². The van der Waals surface area contributed by atoms with Gasteiger partial charge in [-0.2, -0.15) is 0 Å². The summed E-state index contributed by atoms with van der Waals surface area (Å²) in [6, 6.07) is 0. The fraction of sp³-hybridized carbons (Fsp3) is 1.00. The number of alkyl halides is 2. The predicted molar refractivity (Wildman–Crippen MR) is 87.6 cm³/mol. The van der Waals surface area contributed by atoms with Crippen molar-refractivity contribution in [1.29, 1.82) is 0 Å². The number of hydrogen-bond donors (Lipinski definition) is 0. The van der Waals surface area contributed by atoms with Crippen molar-refractivity contribution in [1.82, 2.24) is 0 Å². The highest BCUT2D eigenvalue weighted by molar-refractivity contribution is 9.09. The van der Waals surface area contributed by atoms with Crippen LogP contribution in [0.1, 0.15) is 26.7 Å². The minimum absolute atomic E-state index is 0.297. The molecule has 0 aromatic rings. The molecule has 0 amide bonds. The molecule has 0 bridgehead atoms. The summed E-state index contributed by atoms with van der Waals surface area (Å²) >= 11 is 7.30. The highest BCUT2D eigenvalue weighted by Crippen LogP contribution is 2.34. The lowest BCUT2D eigenvalue weighted by atomic mass is 9.81. The lowest BCUT2D eigenvalue weighted by Crippen LogP contribution is -2.29. The van der Waals surface area contributed by atoms with Crippen LogP contribution < -0.4 is 0 Å². The Labute approximate surface area is 135 Å². The molecule has 3 nitrogen and oxygen atoms in total. The van der Waals surface area contributed by atoms with E-state index in [1.807, 2.05) is 0 Å². The van der Waals surface area contributed by atoms with E-state index in [2.05, 4.69) is 45.7 Å². The van der Waals surface area contributed by atoms with E-state index in [9.17, 15) is 0 Å². The van der Waals surface area contributed by atoms with Gasteiger partial charge in [-0.1, -0.05) is 45.7 Å². The van der Waals surface area contributed by atoms with Crippen LogP contribution in [0.2, 0.25) is 0 Å². The van der Waals surface area contributed by atoms with Gasteiger partial charge in [-0.3, -0.25) is 0 Å². The topological polar surface area (TPSA) is 27.7 Å². The van der Waals surface area contributed by atoms with Crippen LogP contribution in [-0.4, -0.2) is 50.8 Å². The van der Waals surface area contributed by atoms with E-state index < -0.39 is 0 Å². The molecular weight excluding hydrogens is 376 g/mol. The zero-order valence-electron chi connectivity index (χ0n) is 12.4. The van der Waals surface area contributed by atoms with Crippen molar-refractivity contribution < 1.29 is 14.2 Å². The smallest absolute Gasteiger partial charge is 0.0701 e. The molecule has 0 spiro atoms. The summed E-state index contributed by atoms with van der Waals surface area (Å²) < 4.78 is 15.9. The average Bonchev–Trinajstić information content (AvgIpc) is 2.40. The molecule has 0 aliphatic heterocycles. The van der Waals surface area contributed by atoms with E-state index in [4.69, 9.17) is 14.2 Å². The minimum Gasteiger partial charge on any atom is -0.382 e. The molecule has 0 unspecified atom stereocenters. The van der Waals surface area contributed by atoms with Crippen molar-refractivity contribution in [3.05, 3.63) is 0 Å². The van der Waals surface area contributed by atoms with Crippen LogP contribution in [-0.2, 0) is 14.2 Å². The van der Waals surface area contributed by atoms with Gasteiger partial charge in [-0.05, 0) is 24.2 Å². The summed E-state index contributed by atoms with van der Waals surface area (Å²) in [5.41, 5.74) is 0.297. The third-order valence-electron chi connectivity index (χ3n) is 2.99. The predicted octanol–water partition coefficient (Wildman–Crippen LogP) is 3.88. The van der Waals surface area contributed by atoms with Crippen LogP contribution in [0.15, 0.2) is 0 Å². The van der Waals surface area contributed by atoms with Crippen molar-refractivity contribution in [3.8, 4) is 0 Å². The summed E-state index contributed by atoms with van der Waals surface area (Å²) in [6.45, 7) is 7.91. The molecule has 0 atom stereocenters. The van der Waals surface area contributed by atoms with E-state index >= 15 is 0 Å². The van der Waals surface area contributed by atoms with Gasteiger partial charge in [0.15, 0.2) is 0 Å². The Morgan fingerprint density at radius 2 is 1.42 bits per heavy atom. The Hall–Kier alpha value is 0.840. The van der Waals surface area contributed by atoms with Crippen LogP contribution in [0.3, 0.4) is 0 Å². The molecule has 0 fully saturated rings. The van der Waals surface area contributed by atoms with Crippen molar-refractivity contribution in [2.24, 2.45) is 11.3 Å². The fourth-order valence-corrected chi connectivity index (χ4v) is 3.95. The van der Waals surface area contributed by atoms with E-state index in [1.165, 1.54) is 6.42 Å². The molecule has 0 rings (SSSR count). The quantitative estimate of drug-likeness (QED) is 0.345. The van der Waals surface area contributed by atoms with Gasteiger partial charge in [0.1, 0.15) is 0 Å². The first-order valence-corrected chi connectivity index (χ1v) is 9.11. The van der Waals surface area contributed by atoms with Gasteiger partial charge in [0.05, 0.1) is 26.4 Å². The molecular formula is C14H28Br2O3. The van der Waals surface area contributed by atoms with Gasteiger partial charge in [-0.25, -0.2) is 0 Å². The van der Waals surface area contributed by atoms with E-state index in [1.54, 1.807) is 7.11 Å². The van der Waals surface area contributed by atoms with Crippen molar-refractivity contribution >= 4 is 31.9 Å². The first-order valence-electron chi connectivity index (χ1n) is 6.86. The first kappa shape index (κ1) is 19.8. The molecule has 0 N–H and O–H groups in total. The maximum atomic E-state index is 5.65. The molecule has 0 aliphatic rings. The normalized spacial score (nSPS) is 12.3. The fourth-order valence-electron chi connectivity index (χ4n) is 2.00. The van der Waals surface area contributed by atoms with E-state index in [-0.39, 0.29) is 0 Å². The lowest BCUT2D eigenvalue weighted by molar-refractivity contribution is 0.0181. The molecule has 116 valence electrons. The number of hydrogen-bond acceptors (Lipinski definition) is 3. The number of ether oxygens (including phenoxy) is 3. The largest absolute Gasteiger partial charge is 0.382 e. The van der Waals surface area contributed by atoms with E-state index in [0.717, 1.165) is 23.7 Å². The second kappa shape index (κ2) is 12.6. The zero-order chi connectivity index (χ0) is 14.6. The van der Waals surface area contributed by atoms with Crippen LogP contribution in [0, 0.1) is 11.3 Å². The molecule has 0 saturated carbocycles. The van der Waals surface area contributed by atoms with E-state index in [0.29, 0.717) is 37.8 Å². The molecule has 0 aliphatic carbocycles.